The largest absolute Gasteiger partial charge is 0.504 e. The van der Waals surface area contributed by atoms with E-state index in [1.54, 1.807) is 30.3 Å². The fourth-order valence-electron chi connectivity index (χ4n) is 1.74. The number of aromatic hydroxyl groups is 1. The molecular formula is C15H14O5. The molecule has 5 nitrogen and oxygen atoms in total. The molecule has 0 bridgehead atoms. The highest BCUT2D eigenvalue weighted by Gasteiger charge is 2.11. The van der Waals surface area contributed by atoms with Crippen LogP contribution in [0.4, 0.5) is 0 Å². The number of ether oxygens (including phenoxy) is 2. The van der Waals surface area contributed by atoms with Crippen LogP contribution in [0.2, 0.25) is 0 Å². The van der Waals surface area contributed by atoms with Crippen molar-refractivity contribution in [2.45, 2.75) is 6.61 Å². The zero-order valence-corrected chi connectivity index (χ0v) is 10.9. The van der Waals surface area contributed by atoms with Gasteiger partial charge in [-0.3, -0.25) is 0 Å². The summed E-state index contributed by atoms with van der Waals surface area (Å²) in [4.78, 5) is 11.0. The quantitative estimate of drug-likeness (QED) is 0.876. The third-order valence-electron chi connectivity index (χ3n) is 2.76. The van der Waals surface area contributed by atoms with E-state index in [0.717, 1.165) is 5.56 Å². The highest BCUT2D eigenvalue weighted by atomic mass is 16.5. The lowest BCUT2D eigenvalue weighted by atomic mass is 10.1. The second-order valence-corrected chi connectivity index (χ2v) is 4.10. The van der Waals surface area contributed by atoms with Gasteiger partial charge in [-0.1, -0.05) is 18.2 Å². The van der Waals surface area contributed by atoms with E-state index < -0.39 is 5.97 Å². The average Bonchev–Trinajstić information content (AvgIpc) is 2.46. The van der Waals surface area contributed by atoms with Crippen molar-refractivity contribution >= 4 is 5.97 Å². The van der Waals surface area contributed by atoms with Gasteiger partial charge in [0.2, 0.25) is 0 Å². The number of phenols is 1. The topological polar surface area (TPSA) is 76.0 Å². The summed E-state index contributed by atoms with van der Waals surface area (Å²) in [5.41, 5.74) is 0.842. The van der Waals surface area contributed by atoms with Crippen LogP contribution < -0.4 is 9.47 Å². The lowest BCUT2D eigenvalue weighted by Crippen LogP contribution is -2.02. The van der Waals surface area contributed by atoms with Crippen LogP contribution in [0, 0.1) is 0 Å². The molecule has 104 valence electrons. The van der Waals surface area contributed by atoms with Crippen molar-refractivity contribution in [3.63, 3.8) is 0 Å². The number of methoxy groups -OCH3 is 1. The predicted octanol–water partition coefficient (Wildman–Crippen LogP) is 2.68. The van der Waals surface area contributed by atoms with E-state index in [2.05, 4.69) is 0 Å². The zero-order chi connectivity index (χ0) is 14.5. The van der Waals surface area contributed by atoms with Gasteiger partial charge in [-0.05, 0) is 29.8 Å². The number of phenolic OH excluding ortho intramolecular Hbond substituents is 1. The molecule has 0 aromatic heterocycles. The molecule has 0 aliphatic carbocycles. The highest BCUT2D eigenvalue weighted by Crippen LogP contribution is 2.26. The molecule has 0 unspecified atom stereocenters. The molecule has 20 heavy (non-hydrogen) atoms. The third kappa shape index (κ3) is 3.00. The highest BCUT2D eigenvalue weighted by molar-refractivity contribution is 5.90. The Morgan fingerprint density at radius 1 is 1.15 bits per heavy atom. The van der Waals surface area contributed by atoms with Crippen molar-refractivity contribution in [3.05, 3.63) is 53.6 Å². The Morgan fingerprint density at radius 2 is 1.90 bits per heavy atom. The van der Waals surface area contributed by atoms with Crippen LogP contribution in [0.25, 0.3) is 0 Å². The van der Waals surface area contributed by atoms with Gasteiger partial charge in [-0.25, -0.2) is 4.79 Å². The van der Waals surface area contributed by atoms with Crippen LogP contribution in [0.1, 0.15) is 15.9 Å². The summed E-state index contributed by atoms with van der Waals surface area (Å²) in [6.07, 6.45) is 0. The SMILES string of the molecule is COc1cc(COc2ccccc2O)ccc1C(=O)O. The van der Waals surface area contributed by atoms with Gasteiger partial charge in [-0.15, -0.1) is 0 Å². The second kappa shape index (κ2) is 5.97. The molecule has 0 aliphatic heterocycles. The maximum absolute atomic E-state index is 11.0. The summed E-state index contributed by atoms with van der Waals surface area (Å²) < 4.78 is 10.5. The van der Waals surface area contributed by atoms with Gasteiger partial charge in [0.25, 0.3) is 0 Å². The van der Waals surface area contributed by atoms with E-state index in [1.165, 1.54) is 19.2 Å². The third-order valence-corrected chi connectivity index (χ3v) is 2.76. The van der Waals surface area contributed by atoms with Crippen molar-refractivity contribution in [1.82, 2.24) is 0 Å². The maximum atomic E-state index is 11.0. The summed E-state index contributed by atoms with van der Waals surface area (Å²) >= 11 is 0. The van der Waals surface area contributed by atoms with E-state index in [1.807, 2.05) is 0 Å². The van der Waals surface area contributed by atoms with Crippen LogP contribution in [0.15, 0.2) is 42.5 Å². The van der Waals surface area contributed by atoms with Gasteiger partial charge in [0.05, 0.1) is 7.11 Å². The van der Waals surface area contributed by atoms with Gasteiger partial charge in [0, 0.05) is 0 Å². The van der Waals surface area contributed by atoms with Gasteiger partial charge in [0.1, 0.15) is 17.9 Å². The first-order valence-electron chi connectivity index (χ1n) is 5.93. The van der Waals surface area contributed by atoms with E-state index in [-0.39, 0.29) is 23.7 Å². The molecule has 0 heterocycles. The Hall–Kier alpha value is -2.69. The minimum atomic E-state index is -1.05. The fraction of sp³-hybridized carbons (Fsp3) is 0.133. The summed E-state index contributed by atoms with van der Waals surface area (Å²) in [6, 6.07) is 11.3. The molecule has 0 spiro atoms. The Morgan fingerprint density at radius 3 is 2.55 bits per heavy atom. The Bertz CT molecular complexity index is 621. The molecule has 0 amide bonds. The molecule has 2 N–H and O–H groups in total. The standard InChI is InChI=1S/C15H14O5/c1-19-14-8-10(6-7-11(14)15(17)18)9-20-13-5-3-2-4-12(13)16/h2-8,16H,9H2,1H3,(H,17,18). The van der Waals surface area contributed by atoms with Crippen molar-refractivity contribution in [3.8, 4) is 17.2 Å². The molecule has 0 aliphatic rings. The van der Waals surface area contributed by atoms with Gasteiger partial charge in [0.15, 0.2) is 11.5 Å². The summed E-state index contributed by atoms with van der Waals surface area (Å²) in [5, 5.41) is 18.6. The minimum Gasteiger partial charge on any atom is -0.504 e. The Kier molecular flexibility index (Phi) is 4.10. The normalized spacial score (nSPS) is 10.1. The van der Waals surface area contributed by atoms with Crippen LogP contribution in [-0.2, 0) is 6.61 Å². The molecule has 0 radical (unpaired) electrons. The molecule has 0 saturated heterocycles. The van der Waals surface area contributed by atoms with E-state index in [0.29, 0.717) is 5.75 Å². The molecule has 2 rings (SSSR count). The number of aromatic carboxylic acids is 1. The average molecular weight is 274 g/mol. The minimum absolute atomic E-state index is 0.0571. The number of para-hydroxylation sites is 2. The first-order valence-corrected chi connectivity index (χ1v) is 5.93. The second-order valence-electron chi connectivity index (χ2n) is 4.10. The van der Waals surface area contributed by atoms with E-state index >= 15 is 0 Å². The number of carboxylic acids is 1. The lowest BCUT2D eigenvalue weighted by Gasteiger charge is -2.10. The number of hydrogen-bond donors (Lipinski definition) is 2. The van der Waals surface area contributed by atoms with Crippen molar-refractivity contribution < 1.29 is 24.5 Å². The van der Waals surface area contributed by atoms with Gasteiger partial charge < -0.3 is 19.7 Å². The number of carbonyl (C=O) groups is 1. The van der Waals surface area contributed by atoms with Crippen LogP contribution in [-0.4, -0.2) is 23.3 Å². The molecule has 0 fully saturated rings. The summed E-state index contributed by atoms with van der Waals surface area (Å²) in [7, 11) is 1.41. The number of hydrogen-bond acceptors (Lipinski definition) is 4. The molecule has 0 atom stereocenters. The van der Waals surface area contributed by atoms with Crippen LogP contribution >= 0.6 is 0 Å². The van der Waals surface area contributed by atoms with Crippen molar-refractivity contribution in [2.75, 3.05) is 7.11 Å². The van der Waals surface area contributed by atoms with Crippen molar-refractivity contribution in [2.24, 2.45) is 0 Å². The molecule has 5 heteroatoms. The Labute approximate surface area is 116 Å². The molecule has 0 saturated carbocycles. The van der Waals surface area contributed by atoms with Gasteiger partial charge in [-0.2, -0.15) is 0 Å². The molecular weight excluding hydrogens is 260 g/mol. The van der Waals surface area contributed by atoms with Crippen molar-refractivity contribution in [1.29, 1.82) is 0 Å². The first kappa shape index (κ1) is 13.7. The molecule has 2 aromatic carbocycles. The molecule has 2 aromatic rings. The fourth-order valence-corrected chi connectivity index (χ4v) is 1.74. The van der Waals surface area contributed by atoms with E-state index in [4.69, 9.17) is 14.6 Å². The lowest BCUT2D eigenvalue weighted by molar-refractivity contribution is 0.0693. The number of rotatable bonds is 5. The monoisotopic (exact) mass is 274 g/mol. The van der Waals surface area contributed by atoms with Crippen LogP contribution in [0.5, 0.6) is 17.2 Å². The number of benzene rings is 2. The predicted molar refractivity (Wildman–Crippen MR) is 72.4 cm³/mol. The summed E-state index contributed by atoms with van der Waals surface area (Å²) in [5.74, 6) is -0.346. The zero-order valence-electron chi connectivity index (χ0n) is 10.9. The van der Waals surface area contributed by atoms with Crippen LogP contribution in [0.3, 0.4) is 0 Å². The first-order chi connectivity index (χ1) is 9.61. The Balaban J connectivity index is 2.15. The maximum Gasteiger partial charge on any atom is 0.339 e. The van der Waals surface area contributed by atoms with Gasteiger partial charge >= 0.3 is 5.97 Å². The summed E-state index contributed by atoms with van der Waals surface area (Å²) in [6.45, 7) is 0.202. The smallest absolute Gasteiger partial charge is 0.339 e. The number of carboxylic acid groups (broad SMARTS) is 1. The van der Waals surface area contributed by atoms with E-state index in [9.17, 15) is 9.90 Å².